The highest BCUT2D eigenvalue weighted by Crippen LogP contribution is 2.24. The zero-order valence-electron chi connectivity index (χ0n) is 13.2. The summed E-state index contributed by atoms with van der Waals surface area (Å²) >= 11 is 0. The van der Waals surface area contributed by atoms with E-state index in [0.29, 0.717) is 12.6 Å². The van der Waals surface area contributed by atoms with Gasteiger partial charge in [0, 0.05) is 12.1 Å². The van der Waals surface area contributed by atoms with Crippen molar-refractivity contribution in [2.75, 3.05) is 0 Å². The van der Waals surface area contributed by atoms with Crippen LogP contribution >= 0.6 is 0 Å². The molecule has 0 bridgehead atoms. The summed E-state index contributed by atoms with van der Waals surface area (Å²) < 4.78 is 10.6. The van der Waals surface area contributed by atoms with Gasteiger partial charge in [0.1, 0.15) is 12.4 Å². The van der Waals surface area contributed by atoms with E-state index in [9.17, 15) is 4.79 Å². The molecule has 0 saturated heterocycles. The van der Waals surface area contributed by atoms with Gasteiger partial charge in [0.25, 0.3) is 0 Å². The molecule has 1 heterocycles. The zero-order valence-corrected chi connectivity index (χ0v) is 13.2. The SMILES string of the molecule is CC(NC1CC(NC(=O)OCc2ccccc2)C1)c1ccco1. The Morgan fingerprint density at radius 2 is 2.00 bits per heavy atom. The normalized spacial score (nSPS) is 21.3. The van der Waals surface area contributed by atoms with Crippen molar-refractivity contribution in [1.82, 2.24) is 10.6 Å². The van der Waals surface area contributed by atoms with E-state index in [1.165, 1.54) is 0 Å². The molecule has 1 fully saturated rings. The predicted octanol–water partition coefficient (Wildman–Crippen LogP) is 3.39. The van der Waals surface area contributed by atoms with E-state index in [1.54, 1.807) is 6.26 Å². The van der Waals surface area contributed by atoms with E-state index < -0.39 is 0 Å². The quantitative estimate of drug-likeness (QED) is 0.858. The highest BCUT2D eigenvalue weighted by Gasteiger charge is 2.31. The maximum absolute atomic E-state index is 11.8. The van der Waals surface area contributed by atoms with Gasteiger partial charge in [-0.2, -0.15) is 0 Å². The number of alkyl carbamates (subject to hydrolysis) is 1. The fourth-order valence-corrected chi connectivity index (χ4v) is 2.78. The van der Waals surface area contributed by atoms with Crippen LogP contribution in [-0.4, -0.2) is 18.2 Å². The van der Waals surface area contributed by atoms with Gasteiger partial charge in [0.2, 0.25) is 0 Å². The summed E-state index contributed by atoms with van der Waals surface area (Å²) in [6, 6.07) is 14.3. The number of carbonyl (C=O) groups excluding carboxylic acids is 1. The Morgan fingerprint density at radius 1 is 1.22 bits per heavy atom. The molecule has 0 spiro atoms. The van der Waals surface area contributed by atoms with Crippen molar-refractivity contribution in [3.8, 4) is 0 Å². The number of ether oxygens (including phenoxy) is 1. The third-order valence-corrected chi connectivity index (χ3v) is 4.13. The van der Waals surface area contributed by atoms with Gasteiger partial charge >= 0.3 is 6.09 Å². The van der Waals surface area contributed by atoms with Gasteiger partial charge in [-0.05, 0) is 37.5 Å². The Kier molecular flexibility index (Phi) is 4.98. The van der Waals surface area contributed by atoms with Crippen LogP contribution in [0.1, 0.15) is 37.1 Å². The fourth-order valence-electron chi connectivity index (χ4n) is 2.78. The van der Waals surface area contributed by atoms with Crippen LogP contribution in [0.5, 0.6) is 0 Å². The monoisotopic (exact) mass is 314 g/mol. The second-order valence-corrected chi connectivity index (χ2v) is 5.98. The highest BCUT2D eigenvalue weighted by atomic mass is 16.5. The molecule has 1 atom stereocenters. The van der Waals surface area contributed by atoms with Crippen LogP contribution in [0.2, 0.25) is 0 Å². The summed E-state index contributed by atoms with van der Waals surface area (Å²) in [5, 5.41) is 6.39. The molecule has 1 unspecified atom stereocenters. The van der Waals surface area contributed by atoms with Crippen LogP contribution in [-0.2, 0) is 11.3 Å². The molecule has 5 nitrogen and oxygen atoms in total. The van der Waals surface area contributed by atoms with E-state index in [0.717, 1.165) is 24.2 Å². The second-order valence-electron chi connectivity index (χ2n) is 5.98. The summed E-state index contributed by atoms with van der Waals surface area (Å²) in [5.74, 6) is 0.934. The summed E-state index contributed by atoms with van der Waals surface area (Å²) in [4.78, 5) is 11.8. The topological polar surface area (TPSA) is 63.5 Å². The average Bonchev–Trinajstić information content (AvgIpc) is 3.06. The molecule has 1 aliphatic carbocycles. The van der Waals surface area contributed by atoms with E-state index >= 15 is 0 Å². The summed E-state index contributed by atoms with van der Waals surface area (Å²) in [7, 11) is 0. The number of rotatable bonds is 6. The first kappa shape index (κ1) is 15.6. The lowest BCUT2D eigenvalue weighted by atomic mass is 9.86. The second kappa shape index (κ2) is 7.33. The highest BCUT2D eigenvalue weighted by molar-refractivity contribution is 5.67. The molecule has 2 N–H and O–H groups in total. The lowest BCUT2D eigenvalue weighted by Gasteiger charge is -2.37. The maximum atomic E-state index is 11.8. The molecular weight excluding hydrogens is 292 g/mol. The third kappa shape index (κ3) is 4.36. The molecule has 5 heteroatoms. The van der Waals surface area contributed by atoms with Crippen LogP contribution in [0.25, 0.3) is 0 Å². The number of furan rings is 1. The Hall–Kier alpha value is -2.27. The van der Waals surface area contributed by atoms with Crippen LogP contribution in [0.4, 0.5) is 4.79 Å². The van der Waals surface area contributed by atoms with Gasteiger partial charge in [-0.3, -0.25) is 0 Å². The number of carbonyl (C=O) groups is 1. The summed E-state index contributed by atoms with van der Waals surface area (Å²) in [5.41, 5.74) is 0.989. The van der Waals surface area contributed by atoms with Crippen LogP contribution in [0, 0.1) is 0 Å². The first-order valence-corrected chi connectivity index (χ1v) is 7.97. The Balaban J connectivity index is 1.33. The molecule has 3 rings (SSSR count). The van der Waals surface area contributed by atoms with Crippen molar-refractivity contribution in [1.29, 1.82) is 0 Å². The van der Waals surface area contributed by atoms with Crippen molar-refractivity contribution < 1.29 is 13.9 Å². The molecule has 1 amide bonds. The molecule has 1 aliphatic rings. The van der Waals surface area contributed by atoms with Crippen LogP contribution in [0.15, 0.2) is 53.1 Å². The largest absolute Gasteiger partial charge is 0.468 e. The Morgan fingerprint density at radius 3 is 2.70 bits per heavy atom. The van der Waals surface area contributed by atoms with Gasteiger partial charge in [0.15, 0.2) is 0 Å². The van der Waals surface area contributed by atoms with Crippen molar-refractivity contribution >= 4 is 6.09 Å². The standard InChI is InChI=1S/C18H22N2O3/c1-13(17-8-5-9-22-17)19-15-10-16(11-15)20-18(21)23-12-14-6-3-2-4-7-14/h2-9,13,15-16,19H,10-12H2,1H3,(H,20,21). The molecular formula is C18H22N2O3. The molecule has 1 saturated carbocycles. The minimum atomic E-state index is -0.351. The molecule has 23 heavy (non-hydrogen) atoms. The van der Waals surface area contributed by atoms with Crippen molar-refractivity contribution in [3.63, 3.8) is 0 Å². The minimum absolute atomic E-state index is 0.180. The van der Waals surface area contributed by atoms with E-state index in [1.807, 2.05) is 42.5 Å². The Labute approximate surface area is 136 Å². The summed E-state index contributed by atoms with van der Waals surface area (Å²) in [6.45, 7) is 2.38. The van der Waals surface area contributed by atoms with Gasteiger partial charge in [-0.25, -0.2) is 4.79 Å². The minimum Gasteiger partial charge on any atom is -0.468 e. The molecule has 1 aromatic heterocycles. The molecule has 2 aromatic rings. The van der Waals surface area contributed by atoms with Crippen LogP contribution in [0.3, 0.4) is 0 Å². The third-order valence-electron chi connectivity index (χ3n) is 4.13. The fraction of sp³-hybridized carbons (Fsp3) is 0.389. The van der Waals surface area contributed by atoms with Gasteiger partial charge < -0.3 is 19.8 Å². The smallest absolute Gasteiger partial charge is 0.407 e. The zero-order chi connectivity index (χ0) is 16.1. The molecule has 1 aromatic carbocycles. The molecule has 122 valence electrons. The Bertz CT molecular complexity index is 606. The molecule has 0 radical (unpaired) electrons. The number of hydrogen-bond acceptors (Lipinski definition) is 4. The number of hydrogen-bond donors (Lipinski definition) is 2. The number of nitrogens with one attached hydrogen (secondary N) is 2. The van der Waals surface area contributed by atoms with Crippen molar-refractivity contribution in [2.45, 2.75) is 44.5 Å². The van der Waals surface area contributed by atoms with E-state index in [-0.39, 0.29) is 18.2 Å². The van der Waals surface area contributed by atoms with E-state index in [4.69, 9.17) is 9.15 Å². The first-order valence-electron chi connectivity index (χ1n) is 7.97. The van der Waals surface area contributed by atoms with Gasteiger partial charge in [-0.1, -0.05) is 30.3 Å². The lowest BCUT2D eigenvalue weighted by molar-refractivity contribution is 0.124. The number of benzene rings is 1. The average molecular weight is 314 g/mol. The first-order chi connectivity index (χ1) is 11.2. The van der Waals surface area contributed by atoms with E-state index in [2.05, 4.69) is 17.6 Å². The number of amides is 1. The summed E-state index contributed by atoms with van der Waals surface area (Å²) in [6.07, 6.45) is 3.15. The van der Waals surface area contributed by atoms with Crippen molar-refractivity contribution in [3.05, 3.63) is 60.1 Å². The van der Waals surface area contributed by atoms with Crippen molar-refractivity contribution in [2.24, 2.45) is 0 Å². The maximum Gasteiger partial charge on any atom is 0.407 e. The predicted molar refractivity (Wildman–Crippen MR) is 86.8 cm³/mol. The van der Waals surface area contributed by atoms with Gasteiger partial charge in [0.05, 0.1) is 12.3 Å². The molecule has 0 aliphatic heterocycles. The van der Waals surface area contributed by atoms with Gasteiger partial charge in [-0.15, -0.1) is 0 Å². The van der Waals surface area contributed by atoms with Crippen LogP contribution < -0.4 is 10.6 Å². The lowest BCUT2D eigenvalue weighted by Crippen LogP contribution is -2.52.